The first kappa shape index (κ1) is 22.4. The minimum Gasteiger partial charge on any atom is -0.339 e. The lowest BCUT2D eigenvalue weighted by molar-refractivity contribution is 0.0680. The highest BCUT2D eigenvalue weighted by Gasteiger charge is 2.25. The number of amides is 1. The van der Waals surface area contributed by atoms with Crippen LogP contribution in [0.3, 0.4) is 0 Å². The van der Waals surface area contributed by atoms with Gasteiger partial charge in [0.15, 0.2) is 0 Å². The summed E-state index contributed by atoms with van der Waals surface area (Å²) in [6, 6.07) is 10.4. The van der Waals surface area contributed by atoms with Gasteiger partial charge in [-0.15, -0.1) is 24.8 Å². The molecule has 0 radical (unpaired) electrons. The number of rotatable bonds is 3. The van der Waals surface area contributed by atoms with E-state index in [1.165, 1.54) is 5.56 Å². The molecule has 1 amide bonds. The van der Waals surface area contributed by atoms with Crippen LogP contribution in [-0.2, 0) is 0 Å². The molecule has 0 spiro atoms. The van der Waals surface area contributed by atoms with Gasteiger partial charge >= 0.3 is 0 Å². The van der Waals surface area contributed by atoms with Crippen molar-refractivity contribution in [1.82, 2.24) is 9.88 Å². The lowest BCUT2D eigenvalue weighted by atomic mass is 9.90. The number of nitrogens with two attached hydrogens (primary N) is 1. The molecule has 1 aliphatic rings. The number of likely N-dealkylation sites (tertiary alicyclic amines) is 1. The summed E-state index contributed by atoms with van der Waals surface area (Å²) in [5, 5.41) is 0. The Morgan fingerprint density at radius 2 is 1.73 bits per heavy atom. The fourth-order valence-corrected chi connectivity index (χ4v) is 3.27. The molecule has 2 heterocycles. The second-order valence-electron chi connectivity index (χ2n) is 6.82. The Kier molecular flexibility index (Phi) is 8.54. The van der Waals surface area contributed by atoms with Crippen LogP contribution in [0.1, 0.15) is 35.7 Å². The SMILES string of the molecule is Cc1ccc(-c2cncc(C(=O)N3CCC(C(C)N)CC3)c2)cc1.Cl.Cl. The molecule has 1 saturated heterocycles. The van der Waals surface area contributed by atoms with Crippen molar-refractivity contribution in [3.8, 4) is 11.1 Å². The van der Waals surface area contributed by atoms with Crippen molar-refractivity contribution in [2.45, 2.75) is 32.7 Å². The molecule has 2 aromatic rings. The first-order chi connectivity index (χ1) is 11.5. The Labute approximate surface area is 168 Å². The van der Waals surface area contributed by atoms with Gasteiger partial charge in [-0.05, 0) is 44.2 Å². The van der Waals surface area contributed by atoms with Crippen molar-refractivity contribution in [3.63, 3.8) is 0 Å². The number of benzene rings is 1. The van der Waals surface area contributed by atoms with Gasteiger partial charge in [0.25, 0.3) is 5.91 Å². The number of nitrogens with zero attached hydrogens (tertiary/aromatic N) is 2. The van der Waals surface area contributed by atoms with Gasteiger partial charge in [-0.25, -0.2) is 0 Å². The maximum atomic E-state index is 12.8. The van der Waals surface area contributed by atoms with Gasteiger partial charge in [0.05, 0.1) is 5.56 Å². The predicted octanol–water partition coefficient (Wildman–Crippen LogP) is 4.10. The van der Waals surface area contributed by atoms with Gasteiger partial charge < -0.3 is 10.6 Å². The molecule has 1 aromatic heterocycles. The van der Waals surface area contributed by atoms with Crippen LogP contribution in [0, 0.1) is 12.8 Å². The van der Waals surface area contributed by atoms with E-state index in [-0.39, 0.29) is 36.8 Å². The van der Waals surface area contributed by atoms with Crippen molar-refractivity contribution >= 4 is 30.7 Å². The third kappa shape index (κ3) is 5.19. The van der Waals surface area contributed by atoms with Crippen LogP contribution >= 0.6 is 24.8 Å². The van der Waals surface area contributed by atoms with Crippen molar-refractivity contribution in [2.24, 2.45) is 11.7 Å². The minimum absolute atomic E-state index is 0. The molecule has 142 valence electrons. The van der Waals surface area contributed by atoms with Crippen molar-refractivity contribution in [3.05, 3.63) is 53.9 Å². The number of aromatic nitrogens is 1. The Morgan fingerprint density at radius 1 is 1.12 bits per heavy atom. The molecule has 0 saturated carbocycles. The zero-order valence-corrected chi connectivity index (χ0v) is 16.9. The van der Waals surface area contributed by atoms with Crippen LogP contribution in [0.25, 0.3) is 11.1 Å². The molecule has 4 nitrogen and oxygen atoms in total. The fraction of sp³-hybridized carbons (Fsp3) is 0.400. The Bertz CT molecular complexity index is 711. The number of carbonyl (C=O) groups is 1. The van der Waals surface area contributed by atoms with Crippen LogP contribution < -0.4 is 5.73 Å². The zero-order valence-electron chi connectivity index (χ0n) is 15.2. The molecule has 26 heavy (non-hydrogen) atoms. The summed E-state index contributed by atoms with van der Waals surface area (Å²) in [7, 11) is 0. The number of hydrogen-bond donors (Lipinski definition) is 1. The summed E-state index contributed by atoms with van der Waals surface area (Å²) in [5.41, 5.74) is 9.92. The maximum Gasteiger partial charge on any atom is 0.255 e. The number of aryl methyl sites for hydroxylation is 1. The number of halogens is 2. The predicted molar refractivity (Wildman–Crippen MR) is 111 cm³/mol. The topological polar surface area (TPSA) is 59.2 Å². The molecule has 3 rings (SSSR count). The van der Waals surface area contributed by atoms with Gasteiger partial charge in [0.1, 0.15) is 0 Å². The van der Waals surface area contributed by atoms with Crippen LogP contribution in [0.15, 0.2) is 42.7 Å². The van der Waals surface area contributed by atoms with E-state index in [1.807, 2.05) is 17.2 Å². The monoisotopic (exact) mass is 395 g/mol. The van der Waals surface area contributed by atoms with E-state index in [2.05, 4.69) is 43.1 Å². The quantitative estimate of drug-likeness (QED) is 0.850. The Hall–Kier alpha value is -1.62. The zero-order chi connectivity index (χ0) is 17.1. The highest BCUT2D eigenvalue weighted by molar-refractivity contribution is 5.95. The largest absolute Gasteiger partial charge is 0.339 e. The molecular weight excluding hydrogens is 369 g/mol. The highest BCUT2D eigenvalue weighted by Crippen LogP contribution is 2.23. The molecule has 1 atom stereocenters. The first-order valence-corrected chi connectivity index (χ1v) is 8.61. The van der Waals surface area contributed by atoms with E-state index in [0.717, 1.165) is 37.1 Å². The highest BCUT2D eigenvalue weighted by atomic mass is 35.5. The number of carbonyl (C=O) groups excluding carboxylic acids is 1. The minimum atomic E-state index is 0. The summed E-state index contributed by atoms with van der Waals surface area (Å²) in [4.78, 5) is 19.0. The fourth-order valence-electron chi connectivity index (χ4n) is 3.27. The Balaban J connectivity index is 0.00000169. The number of hydrogen-bond acceptors (Lipinski definition) is 3. The van der Waals surface area contributed by atoms with E-state index in [1.54, 1.807) is 6.20 Å². The summed E-state index contributed by atoms with van der Waals surface area (Å²) in [6.45, 7) is 5.67. The summed E-state index contributed by atoms with van der Waals surface area (Å²) in [5.74, 6) is 0.589. The van der Waals surface area contributed by atoms with E-state index < -0.39 is 0 Å². The summed E-state index contributed by atoms with van der Waals surface area (Å²) < 4.78 is 0. The Morgan fingerprint density at radius 3 is 2.31 bits per heavy atom. The number of piperidine rings is 1. The van der Waals surface area contributed by atoms with Gasteiger partial charge in [0, 0.05) is 37.1 Å². The standard InChI is InChI=1S/C20H25N3O.2ClH/c1-14-3-5-17(6-4-14)18-11-19(13-22-12-18)20(24)23-9-7-16(8-10-23)15(2)21;;/h3-6,11-13,15-16H,7-10,21H2,1-2H3;2*1H. The van der Waals surface area contributed by atoms with E-state index >= 15 is 0 Å². The van der Waals surface area contributed by atoms with Crippen molar-refractivity contribution < 1.29 is 4.79 Å². The van der Waals surface area contributed by atoms with E-state index in [9.17, 15) is 4.79 Å². The van der Waals surface area contributed by atoms with Gasteiger partial charge in [-0.2, -0.15) is 0 Å². The average Bonchev–Trinajstić information content (AvgIpc) is 2.62. The van der Waals surface area contributed by atoms with Crippen molar-refractivity contribution in [1.29, 1.82) is 0 Å². The first-order valence-electron chi connectivity index (χ1n) is 8.61. The van der Waals surface area contributed by atoms with Crippen LogP contribution in [0.2, 0.25) is 0 Å². The molecule has 0 bridgehead atoms. The normalized spacial score (nSPS) is 15.6. The second-order valence-corrected chi connectivity index (χ2v) is 6.82. The van der Waals surface area contributed by atoms with Crippen LogP contribution in [0.4, 0.5) is 0 Å². The van der Waals surface area contributed by atoms with Gasteiger partial charge in [-0.1, -0.05) is 29.8 Å². The third-order valence-corrected chi connectivity index (χ3v) is 4.94. The molecule has 0 aliphatic carbocycles. The lowest BCUT2D eigenvalue weighted by Crippen LogP contribution is -2.42. The van der Waals surface area contributed by atoms with Gasteiger partial charge in [0.2, 0.25) is 0 Å². The third-order valence-electron chi connectivity index (χ3n) is 4.94. The molecule has 1 fully saturated rings. The smallest absolute Gasteiger partial charge is 0.255 e. The number of pyridine rings is 1. The average molecular weight is 396 g/mol. The van der Waals surface area contributed by atoms with Crippen LogP contribution in [0.5, 0.6) is 0 Å². The van der Waals surface area contributed by atoms with E-state index in [0.29, 0.717) is 11.5 Å². The molecule has 1 unspecified atom stereocenters. The molecular formula is C20H27Cl2N3O. The second kappa shape index (κ2) is 9.91. The lowest BCUT2D eigenvalue weighted by Gasteiger charge is -2.33. The van der Waals surface area contributed by atoms with Crippen LogP contribution in [-0.4, -0.2) is 34.9 Å². The summed E-state index contributed by atoms with van der Waals surface area (Å²) in [6.07, 6.45) is 5.43. The molecule has 1 aromatic carbocycles. The van der Waals surface area contributed by atoms with Gasteiger partial charge in [-0.3, -0.25) is 9.78 Å². The maximum absolute atomic E-state index is 12.8. The molecule has 2 N–H and O–H groups in total. The molecule has 1 aliphatic heterocycles. The van der Waals surface area contributed by atoms with Crippen molar-refractivity contribution in [2.75, 3.05) is 13.1 Å². The summed E-state index contributed by atoms with van der Waals surface area (Å²) >= 11 is 0. The van der Waals surface area contributed by atoms with E-state index in [4.69, 9.17) is 5.73 Å². The molecule has 6 heteroatoms.